The lowest BCUT2D eigenvalue weighted by atomic mass is 9.84. The fourth-order valence-corrected chi connectivity index (χ4v) is 6.86. The smallest absolute Gasteiger partial charge is 0.306 e. The van der Waals surface area contributed by atoms with Crippen molar-refractivity contribution in [3.8, 4) is 11.6 Å². The Bertz CT molecular complexity index is 1550. The molecule has 252 valence electrons. The van der Waals surface area contributed by atoms with Crippen molar-refractivity contribution < 1.29 is 24.2 Å². The second-order valence-corrected chi connectivity index (χ2v) is 14.9. The van der Waals surface area contributed by atoms with Crippen LogP contribution >= 0.6 is 11.8 Å². The van der Waals surface area contributed by atoms with Crippen molar-refractivity contribution in [3.05, 3.63) is 65.9 Å². The third-order valence-electron chi connectivity index (χ3n) is 9.13. The van der Waals surface area contributed by atoms with Crippen LogP contribution in [0, 0.1) is 23.2 Å². The van der Waals surface area contributed by atoms with Gasteiger partial charge in [0.25, 0.3) is 5.91 Å². The largest absolute Gasteiger partial charge is 0.497 e. The molecule has 2 unspecified atom stereocenters. The summed E-state index contributed by atoms with van der Waals surface area (Å²) < 4.78 is 11.8. The highest BCUT2D eigenvalue weighted by molar-refractivity contribution is 7.98. The van der Waals surface area contributed by atoms with Gasteiger partial charge in [-0.3, -0.25) is 14.5 Å². The molecule has 10 heteroatoms. The van der Waals surface area contributed by atoms with Crippen molar-refractivity contribution in [2.24, 2.45) is 23.2 Å². The Morgan fingerprint density at radius 1 is 1.09 bits per heavy atom. The fourth-order valence-electron chi connectivity index (χ4n) is 6.46. The van der Waals surface area contributed by atoms with Crippen LogP contribution < -0.4 is 19.3 Å². The molecule has 1 aliphatic heterocycles. The molecule has 2 aromatic heterocycles. The van der Waals surface area contributed by atoms with E-state index >= 15 is 0 Å². The van der Waals surface area contributed by atoms with E-state index in [4.69, 9.17) is 14.5 Å². The molecule has 3 heterocycles. The van der Waals surface area contributed by atoms with Crippen LogP contribution in [0.2, 0.25) is 0 Å². The van der Waals surface area contributed by atoms with Gasteiger partial charge in [-0.1, -0.05) is 33.8 Å². The molecule has 3 aromatic rings. The molecule has 2 aliphatic rings. The van der Waals surface area contributed by atoms with Gasteiger partial charge < -0.3 is 19.5 Å². The maximum absolute atomic E-state index is 14.4. The summed E-state index contributed by atoms with van der Waals surface area (Å²) in [7, 11) is 1.64. The highest BCUT2D eigenvalue weighted by Crippen LogP contribution is 2.47. The first-order valence-electron chi connectivity index (χ1n) is 16.5. The summed E-state index contributed by atoms with van der Waals surface area (Å²) in [5.74, 6) is 1.32. The molecular weight excluding hydrogens is 612 g/mol. The number of carbonyl (C=O) groups excluding carboxylic acids is 1. The third-order valence-corrected chi connectivity index (χ3v) is 9.78. The average Bonchev–Trinajstić information content (AvgIpc) is 3.91. The molecule has 1 aliphatic carbocycles. The number of piperidine rings is 1. The minimum Gasteiger partial charge on any atom is -0.497 e. The van der Waals surface area contributed by atoms with Crippen molar-refractivity contribution in [2.75, 3.05) is 49.4 Å². The number of carboxylic acids is 1. The number of ether oxygens (including phenoxy) is 2. The molecule has 2 fully saturated rings. The first-order valence-corrected chi connectivity index (χ1v) is 17.8. The Balaban J connectivity index is 1.29. The van der Waals surface area contributed by atoms with Crippen molar-refractivity contribution >= 4 is 35.1 Å². The number of nitrogens with zero attached hydrogens (tertiary/aromatic N) is 4. The zero-order valence-corrected chi connectivity index (χ0v) is 29.3. The van der Waals surface area contributed by atoms with Crippen LogP contribution in [-0.4, -0.2) is 66.6 Å². The summed E-state index contributed by atoms with van der Waals surface area (Å²) in [5, 5.41) is 10.5. The molecule has 0 spiro atoms. The molecule has 1 aromatic carbocycles. The van der Waals surface area contributed by atoms with Crippen LogP contribution in [0.1, 0.15) is 75.2 Å². The number of rotatable bonds is 13. The molecule has 1 N–H and O–H groups in total. The highest BCUT2D eigenvalue weighted by atomic mass is 32.2. The molecule has 9 nitrogen and oxygen atoms in total. The molecule has 47 heavy (non-hydrogen) atoms. The quantitative estimate of drug-likeness (QED) is 0.188. The van der Waals surface area contributed by atoms with Gasteiger partial charge in [0.05, 0.1) is 35.9 Å². The Morgan fingerprint density at radius 3 is 2.47 bits per heavy atom. The standard InChI is InChI=1S/C37H48N4O5S/c1-24(36(43)44)34(26-10-11-26)27-14-17-38-32(20-27)46-22-25-15-18-40(19-16-25)30-21-28(45-5)12-13-29(30)35(42)41(23-37(2,3)4)31-8-7-9-33(39-31)47-6/h7-9,12-14,17,20-21,24-26,34H,10-11,15-16,18-19,22-23H2,1-6H3,(H,43,44). The van der Waals surface area contributed by atoms with Gasteiger partial charge in [0, 0.05) is 38.0 Å². The number of anilines is 2. The molecule has 2 atom stereocenters. The Morgan fingerprint density at radius 2 is 1.83 bits per heavy atom. The lowest BCUT2D eigenvalue weighted by Gasteiger charge is -2.36. The van der Waals surface area contributed by atoms with E-state index in [1.807, 2.05) is 54.8 Å². The number of hydrogen-bond acceptors (Lipinski definition) is 8. The van der Waals surface area contributed by atoms with Crippen molar-refractivity contribution in [3.63, 3.8) is 0 Å². The second kappa shape index (κ2) is 15.0. The molecule has 5 rings (SSSR count). The van der Waals surface area contributed by atoms with E-state index in [0.29, 0.717) is 48.0 Å². The van der Waals surface area contributed by atoms with Crippen LogP contribution in [0.15, 0.2) is 59.8 Å². The Labute approximate surface area is 283 Å². The molecule has 0 radical (unpaired) electrons. The number of carboxylic acid groups (broad SMARTS) is 1. The SMILES string of the molecule is COc1ccc(C(=O)N(CC(C)(C)C)c2cccc(SC)n2)c(N2CCC(COc3cc(C(C4CC4)C(C)C(=O)O)ccn3)CC2)c1. The predicted octanol–water partition coefficient (Wildman–Crippen LogP) is 7.41. The summed E-state index contributed by atoms with van der Waals surface area (Å²) in [6.45, 7) is 10.8. The van der Waals surface area contributed by atoms with Gasteiger partial charge >= 0.3 is 5.97 Å². The van der Waals surface area contributed by atoms with Crippen LogP contribution in [0.25, 0.3) is 0 Å². The van der Waals surface area contributed by atoms with Gasteiger partial charge in [-0.25, -0.2) is 9.97 Å². The van der Waals surface area contributed by atoms with Gasteiger partial charge in [0.15, 0.2) is 0 Å². The van der Waals surface area contributed by atoms with Gasteiger partial charge in [-0.15, -0.1) is 11.8 Å². The van der Waals surface area contributed by atoms with Gasteiger partial charge in [0.1, 0.15) is 11.6 Å². The Hall–Kier alpha value is -3.79. The van der Waals surface area contributed by atoms with Gasteiger partial charge in [-0.2, -0.15) is 0 Å². The van der Waals surface area contributed by atoms with E-state index in [1.165, 1.54) is 0 Å². The molecule has 0 bridgehead atoms. The first-order chi connectivity index (χ1) is 22.5. The maximum atomic E-state index is 14.4. The number of amides is 1. The summed E-state index contributed by atoms with van der Waals surface area (Å²) >= 11 is 1.56. The first kappa shape index (κ1) is 34.5. The third kappa shape index (κ3) is 8.77. The van der Waals surface area contributed by atoms with E-state index in [1.54, 1.807) is 36.9 Å². The van der Waals surface area contributed by atoms with E-state index in [0.717, 1.165) is 55.0 Å². The van der Waals surface area contributed by atoms with Crippen LogP contribution in [0.3, 0.4) is 0 Å². The predicted molar refractivity (Wildman–Crippen MR) is 187 cm³/mol. The summed E-state index contributed by atoms with van der Waals surface area (Å²) in [5.41, 5.74) is 2.34. The average molecular weight is 661 g/mol. The fraction of sp³-hybridized carbons (Fsp3) is 0.514. The minimum absolute atomic E-state index is 0.0227. The number of methoxy groups -OCH3 is 1. The van der Waals surface area contributed by atoms with Crippen LogP contribution in [0.5, 0.6) is 11.6 Å². The molecule has 1 saturated carbocycles. The number of pyridine rings is 2. The lowest BCUT2D eigenvalue weighted by molar-refractivity contribution is -0.142. The van der Waals surface area contributed by atoms with Gasteiger partial charge in [0.2, 0.25) is 5.88 Å². The zero-order chi connectivity index (χ0) is 33.7. The Kier molecular flexibility index (Phi) is 11.0. The van der Waals surface area contributed by atoms with Gasteiger partial charge in [-0.05, 0) is 91.0 Å². The molecule has 1 saturated heterocycles. The number of aliphatic carboxylic acids is 1. The summed E-state index contributed by atoms with van der Waals surface area (Å²) in [4.78, 5) is 39.4. The monoisotopic (exact) mass is 660 g/mol. The van der Waals surface area contributed by atoms with E-state index in [-0.39, 0.29) is 17.2 Å². The minimum atomic E-state index is -0.766. The number of hydrogen-bond donors (Lipinski definition) is 1. The number of aromatic nitrogens is 2. The molecule has 1 amide bonds. The number of carbonyl (C=O) groups is 2. The van der Waals surface area contributed by atoms with E-state index in [9.17, 15) is 14.7 Å². The highest BCUT2D eigenvalue weighted by Gasteiger charge is 2.39. The van der Waals surface area contributed by atoms with Crippen LogP contribution in [0.4, 0.5) is 11.5 Å². The number of benzene rings is 1. The zero-order valence-electron chi connectivity index (χ0n) is 28.4. The van der Waals surface area contributed by atoms with E-state index in [2.05, 4.69) is 30.7 Å². The normalized spacial score (nSPS) is 16.8. The van der Waals surface area contributed by atoms with Crippen molar-refractivity contribution in [2.45, 2.75) is 64.3 Å². The molecular formula is C37H48N4O5S. The van der Waals surface area contributed by atoms with Crippen molar-refractivity contribution in [1.29, 1.82) is 0 Å². The summed E-state index contributed by atoms with van der Waals surface area (Å²) in [6.07, 6.45) is 7.64. The summed E-state index contributed by atoms with van der Waals surface area (Å²) in [6, 6.07) is 15.4. The second-order valence-electron chi connectivity index (χ2n) is 14.0. The maximum Gasteiger partial charge on any atom is 0.306 e. The van der Waals surface area contributed by atoms with Crippen molar-refractivity contribution in [1.82, 2.24) is 9.97 Å². The number of thioether (sulfide) groups is 1. The lowest BCUT2D eigenvalue weighted by Crippen LogP contribution is -2.41. The topological polar surface area (TPSA) is 105 Å². The van der Waals surface area contributed by atoms with Crippen LogP contribution in [-0.2, 0) is 4.79 Å². The van der Waals surface area contributed by atoms with E-state index < -0.39 is 11.9 Å².